The maximum atomic E-state index is 13.6. The minimum atomic E-state index is -1.55. The van der Waals surface area contributed by atoms with Gasteiger partial charge in [0.15, 0.2) is 5.78 Å². The first-order chi connectivity index (χ1) is 17.9. The summed E-state index contributed by atoms with van der Waals surface area (Å²) in [7, 11) is 1.71. The first kappa shape index (κ1) is 25.5. The van der Waals surface area contributed by atoms with Crippen molar-refractivity contribution in [3.05, 3.63) is 82.3 Å². The lowest BCUT2D eigenvalue weighted by Gasteiger charge is -2.26. The summed E-state index contributed by atoms with van der Waals surface area (Å²) in [6.45, 7) is 3.66. The van der Waals surface area contributed by atoms with Crippen LogP contribution >= 0.6 is 0 Å². The Hall–Kier alpha value is -4.11. The van der Waals surface area contributed by atoms with Gasteiger partial charge >= 0.3 is 0 Å². The molecule has 2 aromatic carbocycles. The molecule has 0 saturated heterocycles. The lowest BCUT2D eigenvalue weighted by Crippen LogP contribution is -2.40. The Morgan fingerprint density at radius 2 is 1.92 bits per heavy atom. The highest BCUT2D eigenvalue weighted by atomic mass is 19.1. The van der Waals surface area contributed by atoms with Crippen molar-refractivity contribution in [3.8, 4) is 17.0 Å². The van der Waals surface area contributed by atoms with Crippen LogP contribution in [0.2, 0.25) is 0 Å². The number of carbonyl (C=O) groups excluding carboxylic acids is 3. The number of rotatable bonds is 7. The molecule has 0 saturated carbocycles. The molecule has 3 aromatic rings. The fourth-order valence-corrected chi connectivity index (χ4v) is 4.94. The average molecular weight is 518 g/mol. The average Bonchev–Trinajstić information content (AvgIpc) is 3.39. The van der Waals surface area contributed by atoms with Gasteiger partial charge in [0, 0.05) is 42.3 Å². The van der Waals surface area contributed by atoms with Gasteiger partial charge in [-0.3, -0.25) is 14.4 Å². The number of hydrogen-bond acceptors (Lipinski definition) is 6. The van der Waals surface area contributed by atoms with E-state index in [2.05, 4.69) is 4.98 Å². The van der Waals surface area contributed by atoms with E-state index >= 15 is 0 Å². The highest BCUT2D eigenvalue weighted by Gasteiger charge is 2.45. The fraction of sp³-hybridized carbons (Fsp3) is 0.310. The van der Waals surface area contributed by atoms with E-state index in [9.17, 15) is 23.9 Å². The van der Waals surface area contributed by atoms with Gasteiger partial charge in [0.05, 0.1) is 5.69 Å². The standard InChI is InChI=1S/C29H28FN3O5/c1-28(27(31)36)15-38-25-21(28)13-23(32-24(25)16-4-7-19(30)8-5-16)29(2,37)11-10-22(34)17-6-9-20-18(12-17)14-33(3)26(20)35/h4-9,12-13,37H,10-11,14-15H2,1-3H3,(H2,31,36)/t28-,29-/m0/s1. The molecule has 0 fully saturated rings. The molecule has 0 unspecified atom stereocenters. The third-order valence-electron chi connectivity index (χ3n) is 7.54. The highest BCUT2D eigenvalue weighted by Crippen LogP contribution is 2.46. The van der Waals surface area contributed by atoms with E-state index in [1.165, 1.54) is 12.1 Å². The van der Waals surface area contributed by atoms with E-state index in [-0.39, 0.29) is 36.8 Å². The van der Waals surface area contributed by atoms with Gasteiger partial charge in [-0.05, 0) is 68.3 Å². The van der Waals surface area contributed by atoms with Crippen molar-refractivity contribution in [1.29, 1.82) is 0 Å². The number of benzene rings is 2. The second kappa shape index (κ2) is 9.02. The molecule has 0 radical (unpaired) electrons. The van der Waals surface area contributed by atoms with Crippen molar-refractivity contribution in [2.24, 2.45) is 5.73 Å². The second-order valence-corrected chi connectivity index (χ2v) is 10.5. The molecule has 2 aliphatic rings. The van der Waals surface area contributed by atoms with Crippen molar-refractivity contribution < 1.29 is 28.6 Å². The van der Waals surface area contributed by atoms with Gasteiger partial charge in [-0.2, -0.15) is 0 Å². The van der Waals surface area contributed by atoms with Crippen LogP contribution in [0.15, 0.2) is 48.5 Å². The number of ketones is 1. The third-order valence-corrected chi connectivity index (χ3v) is 7.54. The molecule has 38 heavy (non-hydrogen) atoms. The minimum absolute atomic E-state index is 0.00758. The molecule has 0 spiro atoms. The van der Waals surface area contributed by atoms with Gasteiger partial charge in [-0.15, -0.1) is 0 Å². The number of primary amides is 1. The van der Waals surface area contributed by atoms with Crippen LogP contribution in [0.1, 0.15) is 64.2 Å². The highest BCUT2D eigenvalue weighted by molar-refractivity contribution is 6.01. The predicted octanol–water partition coefficient (Wildman–Crippen LogP) is 3.48. The number of aromatic nitrogens is 1. The maximum absolute atomic E-state index is 13.6. The number of hydrogen-bond donors (Lipinski definition) is 2. The summed E-state index contributed by atoms with van der Waals surface area (Å²) in [6.07, 6.45) is 0.0638. The number of pyridine rings is 1. The number of aliphatic hydroxyl groups is 1. The molecule has 2 atom stereocenters. The second-order valence-electron chi connectivity index (χ2n) is 10.5. The maximum Gasteiger partial charge on any atom is 0.254 e. The van der Waals surface area contributed by atoms with Crippen LogP contribution in [-0.2, 0) is 22.4 Å². The van der Waals surface area contributed by atoms with Crippen LogP contribution < -0.4 is 10.5 Å². The summed E-state index contributed by atoms with van der Waals surface area (Å²) in [4.78, 5) is 43.8. The Kier molecular flexibility index (Phi) is 6.06. The quantitative estimate of drug-likeness (QED) is 0.463. The van der Waals surface area contributed by atoms with E-state index in [4.69, 9.17) is 10.5 Å². The molecule has 5 rings (SSSR count). The summed E-state index contributed by atoms with van der Waals surface area (Å²) >= 11 is 0. The number of fused-ring (bicyclic) bond motifs is 2. The Bertz CT molecular complexity index is 1480. The lowest BCUT2D eigenvalue weighted by molar-refractivity contribution is -0.123. The Labute approximate surface area is 219 Å². The molecule has 3 heterocycles. The van der Waals surface area contributed by atoms with Crippen molar-refractivity contribution >= 4 is 17.6 Å². The normalized spacial score (nSPS) is 19.5. The first-order valence-corrected chi connectivity index (χ1v) is 12.3. The molecular weight excluding hydrogens is 489 g/mol. The number of nitrogens with two attached hydrogens (primary N) is 1. The molecular formula is C29H28FN3O5. The van der Waals surface area contributed by atoms with Crippen LogP contribution in [-0.4, -0.2) is 46.2 Å². The van der Waals surface area contributed by atoms with Crippen LogP contribution in [0.3, 0.4) is 0 Å². The van der Waals surface area contributed by atoms with Gasteiger partial charge in [0.1, 0.15) is 34.9 Å². The van der Waals surface area contributed by atoms with Crippen molar-refractivity contribution in [1.82, 2.24) is 9.88 Å². The minimum Gasteiger partial charge on any atom is -0.489 e. The number of carbonyl (C=O) groups is 3. The zero-order valence-electron chi connectivity index (χ0n) is 21.4. The Morgan fingerprint density at radius 3 is 2.61 bits per heavy atom. The van der Waals surface area contributed by atoms with Crippen LogP contribution in [0.25, 0.3) is 11.3 Å². The largest absolute Gasteiger partial charge is 0.489 e. The summed E-state index contributed by atoms with van der Waals surface area (Å²) < 4.78 is 19.4. The van der Waals surface area contributed by atoms with Crippen molar-refractivity contribution in [2.45, 2.75) is 44.2 Å². The van der Waals surface area contributed by atoms with Gasteiger partial charge in [-0.25, -0.2) is 9.37 Å². The Morgan fingerprint density at radius 1 is 1.21 bits per heavy atom. The number of nitrogens with zero attached hydrogens (tertiary/aromatic N) is 2. The number of halogens is 1. The Balaban J connectivity index is 1.46. The number of ether oxygens (including phenoxy) is 1. The lowest BCUT2D eigenvalue weighted by atomic mass is 9.81. The summed E-state index contributed by atoms with van der Waals surface area (Å²) in [5.41, 5.74) is 6.48. The molecule has 0 aliphatic carbocycles. The first-order valence-electron chi connectivity index (χ1n) is 12.3. The zero-order valence-corrected chi connectivity index (χ0v) is 21.4. The van der Waals surface area contributed by atoms with E-state index in [1.54, 1.807) is 62.2 Å². The molecule has 0 bridgehead atoms. The van der Waals surface area contributed by atoms with E-state index in [1.807, 2.05) is 0 Å². The molecule has 1 aromatic heterocycles. The van der Waals surface area contributed by atoms with Crippen molar-refractivity contribution in [3.63, 3.8) is 0 Å². The fourth-order valence-electron chi connectivity index (χ4n) is 4.94. The van der Waals surface area contributed by atoms with Gasteiger partial charge in [-0.1, -0.05) is 6.07 Å². The smallest absolute Gasteiger partial charge is 0.254 e. The number of Topliss-reactive ketones (excluding diaryl/α,β-unsaturated/α-hetero) is 1. The monoisotopic (exact) mass is 517 g/mol. The molecule has 8 nitrogen and oxygen atoms in total. The van der Waals surface area contributed by atoms with Crippen LogP contribution in [0, 0.1) is 5.82 Å². The third kappa shape index (κ3) is 4.22. The number of amides is 2. The van der Waals surface area contributed by atoms with Gasteiger partial charge in [0.25, 0.3) is 5.91 Å². The summed E-state index contributed by atoms with van der Waals surface area (Å²) in [5, 5.41) is 11.5. The molecule has 3 N–H and O–H groups in total. The van der Waals surface area contributed by atoms with Gasteiger partial charge in [0.2, 0.25) is 5.91 Å². The molecule has 196 valence electrons. The topological polar surface area (TPSA) is 123 Å². The molecule has 9 heteroatoms. The SMILES string of the molecule is CN1Cc2cc(C(=O)CC[C@](C)(O)c3cc4c(c(-c5ccc(F)cc5)n3)OC[C@]4(C)C(N)=O)ccc2C1=O. The van der Waals surface area contributed by atoms with Crippen molar-refractivity contribution in [2.75, 3.05) is 13.7 Å². The van der Waals surface area contributed by atoms with Crippen LogP contribution in [0.4, 0.5) is 4.39 Å². The molecule has 2 aliphatic heterocycles. The molecule has 2 amide bonds. The predicted molar refractivity (Wildman–Crippen MR) is 137 cm³/mol. The van der Waals surface area contributed by atoms with E-state index < -0.39 is 22.7 Å². The summed E-state index contributed by atoms with van der Waals surface area (Å²) in [6, 6.07) is 12.3. The summed E-state index contributed by atoms with van der Waals surface area (Å²) in [5.74, 6) is -0.911. The van der Waals surface area contributed by atoms with E-state index in [0.717, 1.165) is 5.56 Å². The zero-order chi connectivity index (χ0) is 27.4. The van der Waals surface area contributed by atoms with E-state index in [0.29, 0.717) is 40.2 Å². The van der Waals surface area contributed by atoms with Crippen LogP contribution in [0.5, 0.6) is 5.75 Å². The van der Waals surface area contributed by atoms with Gasteiger partial charge < -0.3 is 20.5 Å².